The van der Waals surface area contributed by atoms with Crippen molar-refractivity contribution in [1.29, 1.82) is 0 Å². The topological polar surface area (TPSA) is 51.3 Å². The Morgan fingerprint density at radius 3 is 2.94 bits per heavy atom. The second kappa shape index (κ2) is 5.08. The van der Waals surface area contributed by atoms with Crippen molar-refractivity contribution in [3.8, 4) is 0 Å². The van der Waals surface area contributed by atoms with Gasteiger partial charge in [-0.1, -0.05) is 19.1 Å². The Morgan fingerprint density at radius 1 is 1.47 bits per heavy atom. The van der Waals surface area contributed by atoms with Crippen molar-refractivity contribution >= 4 is 11.6 Å². The van der Waals surface area contributed by atoms with Crippen LogP contribution in [0.2, 0.25) is 0 Å². The molecule has 4 nitrogen and oxygen atoms in total. The fourth-order valence-corrected chi connectivity index (χ4v) is 2.13. The molecule has 17 heavy (non-hydrogen) atoms. The summed E-state index contributed by atoms with van der Waals surface area (Å²) in [6.45, 7) is 4.43. The maximum absolute atomic E-state index is 12.3. The van der Waals surface area contributed by atoms with Gasteiger partial charge in [0, 0.05) is 25.8 Å². The van der Waals surface area contributed by atoms with Gasteiger partial charge in [0.2, 0.25) is 0 Å². The van der Waals surface area contributed by atoms with Crippen LogP contribution in [0, 0.1) is 0 Å². The number of amides is 1. The van der Waals surface area contributed by atoms with Gasteiger partial charge in [-0.3, -0.25) is 4.79 Å². The zero-order valence-corrected chi connectivity index (χ0v) is 10.2. The van der Waals surface area contributed by atoms with Gasteiger partial charge in [-0.2, -0.15) is 0 Å². The first kappa shape index (κ1) is 11.8. The number of nitrogens with two attached hydrogens (primary N) is 1. The summed E-state index contributed by atoms with van der Waals surface area (Å²) in [6, 6.07) is 1.77. The molecule has 0 radical (unpaired) electrons. The molecule has 0 unspecified atom stereocenters. The maximum atomic E-state index is 12.3. The third-order valence-electron chi connectivity index (χ3n) is 2.95. The molecular formula is C13H19N3O. The van der Waals surface area contributed by atoms with E-state index >= 15 is 0 Å². The zero-order chi connectivity index (χ0) is 12.3. The summed E-state index contributed by atoms with van der Waals surface area (Å²) in [5.74, 6) is 0.0829. The van der Waals surface area contributed by atoms with E-state index in [9.17, 15) is 4.79 Å². The summed E-state index contributed by atoms with van der Waals surface area (Å²) in [5, 5.41) is 0. The van der Waals surface area contributed by atoms with Gasteiger partial charge in [0.15, 0.2) is 0 Å². The van der Waals surface area contributed by atoms with Crippen LogP contribution in [0.25, 0.3) is 0 Å². The first-order chi connectivity index (χ1) is 8.22. The molecule has 1 aromatic rings. The summed E-state index contributed by atoms with van der Waals surface area (Å²) in [7, 11) is 0. The number of nitrogen functional groups attached to an aromatic ring is 1. The van der Waals surface area contributed by atoms with E-state index in [2.05, 4.69) is 13.0 Å². The molecule has 0 saturated carbocycles. The molecule has 92 valence electrons. The first-order valence-electron chi connectivity index (χ1n) is 6.12. The van der Waals surface area contributed by atoms with Crippen molar-refractivity contribution in [2.75, 3.05) is 18.8 Å². The maximum Gasteiger partial charge on any atom is 0.270 e. The number of nitrogens with zero attached hydrogens (tertiary/aromatic N) is 2. The molecule has 1 amide bonds. The smallest absolute Gasteiger partial charge is 0.270 e. The molecule has 0 bridgehead atoms. The van der Waals surface area contributed by atoms with Gasteiger partial charge < -0.3 is 15.2 Å². The number of anilines is 1. The molecule has 1 aromatic heterocycles. The van der Waals surface area contributed by atoms with E-state index in [1.54, 1.807) is 6.07 Å². The van der Waals surface area contributed by atoms with Crippen LogP contribution in [-0.2, 0) is 6.54 Å². The highest BCUT2D eigenvalue weighted by molar-refractivity contribution is 5.94. The predicted octanol–water partition coefficient (Wildman–Crippen LogP) is 1.88. The van der Waals surface area contributed by atoms with Crippen molar-refractivity contribution in [3.63, 3.8) is 0 Å². The Morgan fingerprint density at radius 2 is 2.29 bits per heavy atom. The van der Waals surface area contributed by atoms with E-state index in [4.69, 9.17) is 5.73 Å². The molecule has 0 atom stereocenters. The van der Waals surface area contributed by atoms with Crippen LogP contribution in [0.5, 0.6) is 0 Å². The zero-order valence-electron chi connectivity index (χ0n) is 10.2. The SMILES string of the molecule is CCCn1cc(N)cc1C(=O)N1CC=CCC1. The Labute approximate surface area is 102 Å². The number of rotatable bonds is 3. The molecule has 2 N–H and O–H groups in total. The van der Waals surface area contributed by atoms with Gasteiger partial charge >= 0.3 is 0 Å². The lowest BCUT2D eigenvalue weighted by Gasteiger charge is -2.23. The van der Waals surface area contributed by atoms with Crippen LogP contribution in [0.15, 0.2) is 24.4 Å². The molecular weight excluding hydrogens is 214 g/mol. The second-order valence-electron chi connectivity index (χ2n) is 4.36. The largest absolute Gasteiger partial charge is 0.397 e. The minimum Gasteiger partial charge on any atom is -0.397 e. The standard InChI is InChI=1S/C13H19N3O/c1-2-6-16-10-11(14)9-12(16)13(17)15-7-4-3-5-8-15/h3-4,9-10H,2,5-8,14H2,1H3. The lowest BCUT2D eigenvalue weighted by Crippen LogP contribution is -2.35. The van der Waals surface area contributed by atoms with Gasteiger partial charge in [-0.25, -0.2) is 0 Å². The number of aromatic nitrogens is 1. The summed E-state index contributed by atoms with van der Waals surface area (Å²) in [4.78, 5) is 14.2. The van der Waals surface area contributed by atoms with Crippen LogP contribution in [-0.4, -0.2) is 28.5 Å². The number of carbonyl (C=O) groups excluding carboxylic acids is 1. The Balaban J connectivity index is 2.20. The summed E-state index contributed by atoms with van der Waals surface area (Å²) >= 11 is 0. The molecule has 4 heteroatoms. The van der Waals surface area contributed by atoms with E-state index in [0.717, 1.165) is 25.9 Å². The second-order valence-corrected chi connectivity index (χ2v) is 4.36. The van der Waals surface area contributed by atoms with Crippen molar-refractivity contribution in [3.05, 3.63) is 30.1 Å². The summed E-state index contributed by atoms with van der Waals surface area (Å²) in [6.07, 6.45) is 7.93. The fourth-order valence-electron chi connectivity index (χ4n) is 2.13. The fraction of sp³-hybridized carbons (Fsp3) is 0.462. The monoisotopic (exact) mass is 233 g/mol. The molecule has 0 aliphatic carbocycles. The Hall–Kier alpha value is -1.71. The molecule has 0 aromatic carbocycles. The molecule has 0 spiro atoms. The van der Waals surface area contributed by atoms with E-state index in [0.29, 0.717) is 17.9 Å². The van der Waals surface area contributed by atoms with E-state index in [1.165, 1.54) is 0 Å². The number of aryl methyl sites for hydroxylation is 1. The average molecular weight is 233 g/mol. The molecule has 0 fully saturated rings. The molecule has 1 aliphatic heterocycles. The van der Waals surface area contributed by atoms with Crippen molar-refractivity contribution in [2.24, 2.45) is 0 Å². The quantitative estimate of drug-likeness (QED) is 0.810. The number of carbonyl (C=O) groups is 1. The number of hydrogen-bond acceptors (Lipinski definition) is 2. The van der Waals surface area contributed by atoms with Crippen LogP contribution in [0.1, 0.15) is 30.3 Å². The van der Waals surface area contributed by atoms with Crippen molar-refractivity contribution in [1.82, 2.24) is 9.47 Å². The summed E-state index contributed by atoms with van der Waals surface area (Å²) in [5.41, 5.74) is 7.14. The minimum atomic E-state index is 0.0829. The first-order valence-corrected chi connectivity index (χ1v) is 6.12. The van der Waals surface area contributed by atoms with Gasteiger partial charge in [0.1, 0.15) is 5.69 Å². The number of hydrogen-bond donors (Lipinski definition) is 1. The van der Waals surface area contributed by atoms with E-state index < -0.39 is 0 Å². The highest BCUT2D eigenvalue weighted by atomic mass is 16.2. The third-order valence-corrected chi connectivity index (χ3v) is 2.95. The normalized spacial score (nSPS) is 15.2. The molecule has 0 saturated heterocycles. The van der Waals surface area contributed by atoms with Gasteiger partial charge in [-0.05, 0) is 18.9 Å². The van der Waals surface area contributed by atoms with E-state index in [1.807, 2.05) is 21.7 Å². The van der Waals surface area contributed by atoms with Crippen LogP contribution in [0.4, 0.5) is 5.69 Å². The Kier molecular flexibility index (Phi) is 3.52. The van der Waals surface area contributed by atoms with Crippen molar-refractivity contribution < 1.29 is 4.79 Å². The van der Waals surface area contributed by atoms with Crippen LogP contribution in [0.3, 0.4) is 0 Å². The lowest BCUT2D eigenvalue weighted by atomic mass is 10.2. The third kappa shape index (κ3) is 2.52. The van der Waals surface area contributed by atoms with Crippen LogP contribution >= 0.6 is 0 Å². The minimum absolute atomic E-state index is 0.0829. The summed E-state index contributed by atoms with van der Waals surface area (Å²) < 4.78 is 1.95. The highest BCUT2D eigenvalue weighted by Crippen LogP contribution is 2.15. The molecule has 2 heterocycles. The Bertz CT molecular complexity index is 434. The van der Waals surface area contributed by atoms with Crippen molar-refractivity contribution in [2.45, 2.75) is 26.3 Å². The van der Waals surface area contributed by atoms with Crippen LogP contribution < -0.4 is 5.73 Å². The molecule has 1 aliphatic rings. The highest BCUT2D eigenvalue weighted by Gasteiger charge is 2.19. The molecule has 2 rings (SSSR count). The van der Waals surface area contributed by atoms with Gasteiger partial charge in [0.05, 0.1) is 5.69 Å². The van der Waals surface area contributed by atoms with Gasteiger partial charge in [0.25, 0.3) is 5.91 Å². The predicted molar refractivity (Wildman–Crippen MR) is 68.8 cm³/mol. The average Bonchev–Trinajstić information content (AvgIpc) is 2.71. The van der Waals surface area contributed by atoms with Gasteiger partial charge in [-0.15, -0.1) is 0 Å². The van der Waals surface area contributed by atoms with E-state index in [-0.39, 0.29) is 5.91 Å². The lowest BCUT2D eigenvalue weighted by molar-refractivity contribution is 0.0760.